The van der Waals surface area contributed by atoms with Gasteiger partial charge in [-0.1, -0.05) is 48.5 Å². The fraction of sp³-hybridized carbons (Fsp3) is 0.269. The lowest BCUT2D eigenvalue weighted by Gasteiger charge is -2.25. The molecule has 2 aliphatic rings. The third-order valence-corrected chi connectivity index (χ3v) is 6.22. The topological polar surface area (TPSA) is 74.2 Å². The maximum atomic E-state index is 13.3. The average Bonchev–Trinajstić information content (AvgIpc) is 3.44. The van der Waals surface area contributed by atoms with E-state index in [0.717, 1.165) is 22.3 Å². The van der Waals surface area contributed by atoms with Crippen LogP contribution in [0.15, 0.2) is 66.7 Å². The Morgan fingerprint density at radius 1 is 0.938 bits per heavy atom. The molecule has 0 fully saturated rings. The van der Waals surface area contributed by atoms with Crippen molar-refractivity contribution >= 4 is 5.97 Å². The highest BCUT2D eigenvalue weighted by molar-refractivity contribution is 5.80. The van der Waals surface area contributed by atoms with Crippen LogP contribution in [0.4, 0.5) is 0 Å². The van der Waals surface area contributed by atoms with E-state index < -0.39 is 5.92 Å². The molecule has 0 bridgehead atoms. The van der Waals surface area contributed by atoms with Gasteiger partial charge in [-0.15, -0.1) is 0 Å². The van der Waals surface area contributed by atoms with Crippen molar-refractivity contribution in [1.82, 2.24) is 0 Å². The normalized spacial score (nSPS) is 20.6. The number of fused-ring (bicyclic) bond motifs is 2. The Labute approximate surface area is 186 Å². The second kappa shape index (κ2) is 8.55. The number of benzene rings is 3. The fourth-order valence-corrected chi connectivity index (χ4v) is 4.94. The first-order chi connectivity index (χ1) is 15.7. The van der Waals surface area contributed by atoms with Crippen LogP contribution in [0.2, 0.25) is 0 Å². The standard InChI is InChI=1S/C26H24O6/c1-29-26(28)25-23(16-10-11-21-22(14-16)32-15-31-21)17-6-2-3-7-18(17)24(25)19-8-4-5-9-20(19)30-13-12-27/h2-11,14,23-25,27H,12-13,15H2,1H3/t23-,24-,25?/m0/s1. The van der Waals surface area contributed by atoms with Gasteiger partial charge in [0.2, 0.25) is 6.79 Å². The molecule has 6 nitrogen and oxygen atoms in total. The van der Waals surface area contributed by atoms with E-state index in [0.29, 0.717) is 17.2 Å². The fourth-order valence-electron chi connectivity index (χ4n) is 4.94. The maximum Gasteiger partial charge on any atom is 0.310 e. The summed E-state index contributed by atoms with van der Waals surface area (Å²) in [5.41, 5.74) is 4.00. The summed E-state index contributed by atoms with van der Waals surface area (Å²) in [6.45, 7) is 0.286. The number of carbonyl (C=O) groups excluding carboxylic acids is 1. The van der Waals surface area contributed by atoms with E-state index in [-0.39, 0.29) is 37.8 Å². The number of hydrogen-bond donors (Lipinski definition) is 1. The molecule has 1 aliphatic heterocycles. The molecule has 164 valence electrons. The number of methoxy groups -OCH3 is 1. The molecule has 0 radical (unpaired) electrons. The minimum absolute atomic E-state index is 0.0875. The van der Waals surface area contributed by atoms with Crippen molar-refractivity contribution < 1.29 is 28.8 Å². The van der Waals surface area contributed by atoms with Crippen molar-refractivity contribution in [3.05, 3.63) is 89.0 Å². The van der Waals surface area contributed by atoms with Crippen LogP contribution in [0.3, 0.4) is 0 Å². The van der Waals surface area contributed by atoms with Gasteiger partial charge in [-0.25, -0.2) is 0 Å². The average molecular weight is 432 g/mol. The second-order valence-electron chi connectivity index (χ2n) is 7.86. The molecule has 0 saturated carbocycles. The minimum Gasteiger partial charge on any atom is -0.491 e. The van der Waals surface area contributed by atoms with Gasteiger partial charge in [0.25, 0.3) is 0 Å². The van der Waals surface area contributed by atoms with Crippen LogP contribution in [0.5, 0.6) is 17.2 Å². The highest BCUT2D eigenvalue weighted by atomic mass is 16.7. The van der Waals surface area contributed by atoms with Crippen LogP contribution in [0, 0.1) is 5.92 Å². The molecule has 0 spiro atoms. The largest absolute Gasteiger partial charge is 0.491 e. The molecule has 0 saturated heterocycles. The Bertz CT molecular complexity index is 1140. The lowest BCUT2D eigenvalue weighted by Crippen LogP contribution is -2.26. The molecule has 3 atom stereocenters. The molecule has 0 amide bonds. The van der Waals surface area contributed by atoms with E-state index in [1.165, 1.54) is 7.11 Å². The molecule has 1 unspecified atom stereocenters. The first kappa shape index (κ1) is 20.4. The number of para-hydroxylation sites is 1. The number of rotatable bonds is 6. The second-order valence-corrected chi connectivity index (χ2v) is 7.86. The van der Waals surface area contributed by atoms with E-state index in [1.54, 1.807) is 0 Å². The number of carbonyl (C=O) groups is 1. The quantitative estimate of drug-likeness (QED) is 0.597. The van der Waals surface area contributed by atoms with Crippen molar-refractivity contribution in [1.29, 1.82) is 0 Å². The molecular formula is C26H24O6. The number of ether oxygens (including phenoxy) is 4. The smallest absolute Gasteiger partial charge is 0.310 e. The first-order valence-electron chi connectivity index (χ1n) is 10.6. The molecule has 1 heterocycles. The minimum atomic E-state index is -0.489. The lowest BCUT2D eigenvalue weighted by atomic mass is 9.79. The highest BCUT2D eigenvalue weighted by Gasteiger charge is 2.48. The van der Waals surface area contributed by atoms with Crippen LogP contribution in [0.25, 0.3) is 0 Å². The van der Waals surface area contributed by atoms with Crippen molar-refractivity contribution in [3.63, 3.8) is 0 Å². The summed E-state index contributed by atoms with van der Waals surface area (Å²) in [5.74, 6) is 0.782. The Morgan fingerprint density at radius 3 is 2.38 bits per heavy atom. The predicted molar refractivity (Wildman–Crippen MR) is 117 cm³/mol. The van der Waals surface area contributed by atoms with E-state index in [9.17, 15) is 9.90 Å². The summed E-state index contributed by atoms with van der Waals surface area (Å²) in [7, 11) is 1.42. The van der Waals surface area contributed by atoms with E-state index in [4.69, 9.17) is 18.9 Å². The molecule has 32 heavy (non-hydrogen) atoms. The van der Waals surface area contributed by atoms with E-state index in [2.05, 4.69) is 12.1 Å². The van der Waals surface area contributed by atoms with Crippen LogP contribution < -0.4 is 14.2 Å². The molecular weight excluding hydrogens is 408 g/mol. The number of hydrogen-bond acceptors (Lipinski definition) is 6. The molecule has 5 rings (SSSR count). The van der Waals surface area contributed by atoms with Crippen molar-refractivity contribution in [3.8, 4) is 17.2 Å². The summed E-state index contributed by atoms with van der Waals surface area (Å²) in [5, 5.41) is 9.27. The van der Waals surface area contributed by atoms with Crippen LogP contribution in [-0.4, -0.2) is 38.2 Å². The van der Waals surface area contributed by atoms with Gasteiger partial charge >= 0.3 is 5.97 Å². The summed E-state index contributed by atoms with van der Waals surface area (Å²) >= 11 is 0. The molecule has 3 aromatic rings. The Hall–Kier alpha value is -3.51. The Balaban J connectivity index is 1.67. The zero-order chi connectivity index (χ0) is 22.1. The van der Waals surface area contributed by atoms with Gasteiger partial charge in [0, 0.05) is 17.4 Å². The van der Waals surface area contributed by atoms with Gasteiger partial charge in [0.05, 0.1) is 19.6 Å². The Morgan fingerprint density at radius 2 is 1.62 bits per heavy atom. The molecule has 6 heteroatoms. The van der Waals surface area contributed by atoms with Gasteiger partial charge in [-0.05, 0) is 34.9 Å². The summed E-state index contributed by atoms with van der Waals surface area (Å²) in [6.07, 6.45) is 0. The van der Waals surface area contributed by atoms with Crippen molar-refractivity contribution in [2.75, 3.05) is 27.1 Å². The van der Waals surface area contributed by atoms with Gasteiger partial charge in [0.15, 0.2) is 11.5 Å². The van der Waals surface area contributed by atoms with Gasteiger partial charge in [-0.3, -0.25) is 4.79 Å². The molecule has 0 aromatic heterocycles. The third-order valence-electron chi connectivity index (χ3n) is 6.22. The maximum absolute atomic E-state index is 13.3. The third kappa shape index (κ3) is 3.37. The van der Waals surface area contributed by atoms with Crippen LogP contribution in [-0.2, 0) is 9.53 Å². The van der Waals surface area contributed by atoms with Crippen LogP contribution in [0.1, 0.15) is 34.1 Å². The van der Waals surface area contributed by atoms with E-state index >= 15 is 0 Å². The van der Waals surface area contributed by atoms with E-state index in [1.807, 2.05) is 54.6 Å². The van der Waals surface area contributed by atoms with Crippen LogP contribution >= 0.6 is 0 Å². The molecule has 1 N–H and O–H groups in total. The van der Waals surface area contributed by atoms with Crippen molar-refractivity contribution in [2.24, 2.45) is 5.92 Å². The number of aliphatic hydroxyl groups excluding tert-OH is 1. The lowest BCUT2D eigenvalue weighted by molar-refractivity contribution is -0.146. The van der Waals surface area contributed by atoms with Gasteiger partial charge in [-0.2, -0.15) is 0 Å². The zero-order valence-corrected chi connectivity index (χ0v) is 17.7. The predicted octanol–water partition coefficient (Wildman–Crippen LogP) is 3.85. The monoisotopic (exact) mass is 432 g/mol. The number of aliphatic hydroxyl groups is 1. The summed E-state index contributed by atoms with van der Waals surface area (Å²) < 4.78 is 22.2. The van der Waals surface area contributed by atoms with Gasteiger partial charge < -0.3 is 24.1 Å². The zero-order valence-electron chi connectivity index (χ0n) is 17.7. The summed E-state index contributed by atoms with van der Waals surface area (Å²) in [6, 6.07) is 21.6. The highest BCUT2D eigenvalue weighted by Crippen LogP contribution is 2.55. The van der Waals surface area contributed by atoms with Gasteiger partial charge in [0.1, 0.15) is 12.4 Å². The summed E-state index contributed by atoms with van der Waals surface area (Å²) in [4.78, 5) is 13.3. The van der Waals surface area contributed by atoms with Crippen molar-refractivity contribution in [2.45, 2.75) is 11.8 Å². The SMILES string of the molecule is COC(=O)C1[C@H](c2ccccc2OCCO)c2ccccc2[C@@H]1c1ccc2c(c1)OCO2. The molecule has 1 aliphatic carbocycles. The first-order valence-corrected chi connectivity index (χ1v) is 10.6. The number of esters is 1. The Kier molecular flexibility index (Phi) is 5.45. The molecule has 3 aromatic carbocycles.